The van der Waals surface area contributed by atoms with Gasteiger partial charge in [0.15, 0.2) is 40.5 Å². The number of hydrogen-bond acceptors (Lipinski definition) is 16. The number of benzene rings is 1. The van der Waals surface area contributed by atoms with Crippen molar-refractivity contribution in [2.24, 2.45) is 5.92 Å². The minimum atomic E-state index is -3.73. The quantitative estimate of drug-likeness (QED) is 0.0757. The van der Waals surface area contributed by atoms with Crippen molar-refractivity contribution in [2.45, 2.75) is 83.1 Å². The van der Waals surface area contributed by atoms with Crippen LogP contribution in [0.5, 0.6) is 0 Å². The number of rotatable bonds is 17. The lowest BCUT2D eigenvalue weighted by Crippen LogP contribution is -2.31. The summed E-state index contributed by atoms with van der Waals surface area (Å²) in [5.41, 5.74) is 0.147. The highest BCUT2D eigenvalue weighted by molar-refractivity contribution is 7.41. The van der Waals surface area contributed by atoms with Gasteiger partial charge in [-0.15, -0.1) is 0 Å². The molecular formula is C35H40FN11O11P2. The molecule has 2 unspecified atom stereocenters. The number of ether oxygens (including phenoxy) is 2. The third kappa shape index (κ3) is 9.42. The van der Waals surface area contributed by atoms with E-state index in [1.54, 1.807) is 48.7 Å². The Morgan fingerprint density at radius 2 is 1.85 bits per heavy atom. The van der Waals surface area contributed by atoms with Crippen LogP contribution in [0.4, 0.5) is 16.2 Å². The van der Waals surface area contributed by atoms with Crippen molar-refractivity contribution < 1.29 is 51.0 Å². The van der Waals surface area contributed by atoms with Crippen molar-refractivity contribution in [3.63, 3.8) is 0 Å². The molecule has 25 heteroatoms. The van der Waals surface area contributed by atoms with Crippen molar-refractivity contribution in [3.05, 3.63) is 65.2 Å². The third-order valence-electron chi connectivity index (χ3n) is 9.47. The average Bonchev–Trinajstić information content (AvgIpc) is 4.02. The Morgan fingerprint density at radius 1 is 1.08 bits per heavy atom. The van der Waals surface area contributed by atoms with Crippen LogP contribution in [0.1, 0.15) is 62.8 Å². The van der Waals surface area contributed by atoms with E-state index in [0.717, 1.165) is 10.9 Å². The lowest BCUT2D eigenvalue weighted by atomic mass is 10.1. The van der Waals surface area contributed by atoms with Crippen LogP contribution in [0.25, 0.3) is 22.3 Å². The molecule has 0 saturated carbocycles. The van der Waals surface area contributed by atoms with E-state index in [-0.39, 0.29) is 48.3 Å². The van der Waals surface area contributed by atoms with E-state index in [1.165, 1.54) is 12.7 Å². The van der Waals surface area contributed by atoms with Crippen LogP contribution in [0.2, 0.25) is 0 Å². The molecule has 2 saturated heterocycles. The maximum atomic E-state index is 16.2. The molecular weight excluding hydrogens is 831 g/mol. The number of imidazole rings is 2. The number of halogens is 1. The summed E-state index contributed by atoms with van der Waals surface area (Å²) >= 11 is 0. The number of carbonyl (C=O) groups excluding carboxylic acids is 2. The number of fused-ring (bicyclic) bond motifs is 2. The molecule has 4 aromatic heterocycles. The van der Waals surface area contributed by atoms with Crippen LogP contribution in [0.15, 0.2) is 54.1 Å². The highest BCUT2D eigenvalue weighted by atomic mass is 31.2. The number of anilines is 2. The van der Waals surface area contributed by atoms with Gasteiger partial charge in [0.25, 0.3) is 11.5 Å². The molecule has 0 aliphatic carbocycles. The van der Waals surface area contributed by atoms with Crippen LogP contribution in [0.3, 0.4) is 0 Å². The molecule has 0 bridgehead atoms. The largest absolute Gasteiger partial charge is 0.352 e. The van der Waals surface area contributed by atoms with Crippen LogP contribution in [0, 0.1) is 17.2 Å². The van der Waals surface area contributed by atoms with Crippen LogP contribution < -0.4 is 16.2 Å². The molecule has 0 radical (unpaired) electrons. The summed E-state index contributed by atoms with van der Waals surface area (Å²) < 4.78 is 66.5. The number of aromatic amines is 1. The van der Waals surface area contributed by atoms with Gasteiger partial charge in [-0.05, 0) is 18.6 Å². The first kappa shape index (κ1) is 43.0. The summed E-state index contributed by atoms with van der Waals surface area (Å²) in [6.07, 6.45) is -3.70. The number of amides is 2. The minimum absolute atomic E-state index is 0.00962. The molecule has 2 amide bonds. The fourth-order valence-electron chi connectivity index (χ4n) is 6.50. The third-order valence-corrected chi connectivity index (χ3v) is 11.1. The van der Waals surface area contributed by atoms with Crippen LogP contribution in [-0.4, -0.2) is 99.5 Å². The molecule has 2 aliphatic rings. The average molecular weight is 872 g/mol. The van der Waals surface area contributed by atoms with Crippen LogP contribution in [-0.2, 0) is 36.9 Å². The van der Waals surface area contributed by atoms with Gasteiger partial charge < -0.3 is 33.3 Å². The molecule has 60 heavy (non-hydrogen) atoms. The van der Waals surface area contributed by atoms with Crippen molar-refractivity contribution in [2.75, 3.05) is 23.8 Å². The van der Waals surface area contributed by atoms with E-state index < -0.39 is 83.9 Å². The summed E-state index contributed by atoms with van der Waals surface area (Å²) in [5, 5.41) is 14.4. The molecule has 318 valence electrons. The fourth-order valence-corrected chi connectivity index (χ4v) is 8.13. The standard InChI is InChI=1S/C35H40FN11O11P2/c1-4-20-21(13-23(55-20)46-16-40-25-28(38-15-39-29(25)46)42-32(49)19-9-6-5-7-10-19)57-60(53-12-8-11-37)54-14-22-24(36)27(58-59(51)52)34(56-22)47-17-41-26-30(47)43-35(45-33(26)50)44-31(48)18(2)3/h5-7,9-10,15-18,20-24,27,34,59H,4,8,12-14H2,1-3H3,(H,51,52)(H,38,39,42,49)(H2,43,44,45,48,50)/t20-,21+,22-,23-,24-,27-,34-,60?/m1/s1. The van der Waals surface area contributed by atoms with E-state index in [4.69, 9.17) is 27.6 Å². The van der Waals surface area contributed by atoms with Gasteiger partial charge in [-0.25, -0.2) is 24.3 Å². The Kier molecular flexibility index (Phi) is 13.6. The number of nitriles is 1. The fraction of sp³-hybridized carbons (Fsp3) is 0.457. The van der Waals surface area contributed by atoms with Gasteiger partial charge >= 0.3 is 16.9 Å². The molecule has 4 N–H and O–H groups in total. The molecule has 9 atom stereocenters. The SMILES string of the molecule is CC[C@H]1O[C@@H](n2cnc3c(NC(=O)c4ccccc4)ncnc32)C[C@@H]1OP(OCCC#N)OC[C@H]1O[C@@H](n2cnc3c(=O)[nH]c(NC(=O)C(C)C)nc32)[C@H](O[PH](=O)O)[C@@H]1F. The molecule has 1 aromatic carbocycles. The summed E-state index contributed by atoms with van der Waals surface area (Å²) in [7, 11) is -6.01. The molecule has 7 rings (SSSR count). The number of carbonyl (C=O) groups is 2. The maximum absolute atomic E-state index is 16.2. The second kappa shape index (κ2) is 19.1. The van der Waals surface area contributed by atoms with E-state index in [2.05, 4.69) is 40.5 Å². The number of alkyl halides is 1. The lowest BCUT2D eigenvalue weighted by molar-refractivity contribution is -0.118. The number of nitrogens with one attached hydrogen (secondary N) is 3. The normalized spacial score (nSPS) is 23.9. The second-order valence-corrected chi connectivity index (χ2v) is 15.7. The molecule has 6 heterocycles. The number of nitrogens with zero attached hydrogens (tertiary/aromatic N) is 8. The second-order valence-electron chi connectivity index (χ2n) is 13.8. The van der Waals surface area contributed by atoms with E-state index in [0.29, 0.717) is 23.1 Å². The minimum Gasteiger partial charge on any atom is -0.352 e. The first-order valence-electron chi connectivity index (χ1n) is 18.7. The predicted molar refractivity (Wildman–Crippen MR) is 209 cm³/mol. The van der Waals surface area contributed by atoms with Crippen molar-refractivity contribution >= 4 is 62.8 Å². The van der Waals surface area contributed by atoms with Gasteiger partial charge in [0.1, 0.15) is 24.8 Å². The summed E-state index contributed by atoms with van der Waals surface area (Å²) in [6, 6.07) is 10.6. The highest BCUT2D eigenvalue weighted by Gasteiger charge is 2.49. The van der Waals surface area contributed by atoms with Gasteiger partial charge in [0.05, 0.1) is 50.6 Å². The van der Waals surface area contributed by atoms with Crippen molar-refractivity contribution in [3.8, 4) is 6.07 Å². The zero-order valence-corrected chi connectivity index (χ0v) is 34.1. The number of aromatic nitrogens is 8. The Bertz CT molecular complexity index is 2450. The van der Waals surface area contributed by atoms with Gasteiger partial charge in [0.2, 0.25) is 11.9 Å². The Morgan fingerprint density at radius 3 is 2.58 bits per heavy atom. The molecule has 22 nitrogen and oxygen atoms in total. The Labute approximate surface area is 341 Å². The Balaban J connectivity index is 1.06. The van der Waals surface area contributed by atoms with Gasteiger partial charge in [0, 0.05) is 17.9 Å². The highest BCUT2D eigenvalue weighted by Crippen LogP contribution is 2.48. The topological polar surface area (TPSA) is 282 Å². The van der Waals surface area contributed by atoms with Crippen LogP contribution >= 0.6 is 16.9 Å². The first-order chi connectivity index (χ1) is 28.9. The van der Waals surface area contributed by atoms with Crippen molar-refractivity contribution in [1.29, 1.82) is 5.26 Å². The zero-order valence-electron chi connectivity index (χ0n) is 32.2. The van der Waals surface area contributed by atoms with Gasteiger partial charge in [-0.3, -0.25) is 42.9 Å². The number of hydrogen-bond donors (Lipinski definition) is 4. The van der Waals surface area contributed by atoms with E-state index >= 15 is 4.39 Å². The van der Waals surface area contributed by atoms with Gasteiger partial charge in [-0.1, -0.05) is 39.0 Å². The van der Waals surface area contributed by atoms with E-state index in [1.807, 2.05) is 13.0 Å². The summed E-state index contributed by atoms with van der Waals surface area (Å²) in [5.74, 6) is -1.25. The zero-order chi connectivity index (χ0) is 42.5. The van der Waals surface area contributed by atoms with Gasteiger partial charge in [-0.2, -0.15) is 10.2 Å². The monoisotopic (exact) mass is 871 g/mol. The molecule has 0 spiro atoms. The summed E-state index contributed by atoms with van der Waals surface area (Å²) in [4.78, 5) is 71.5. The smallest absolute Gasteiger partial charge is 0.333 e. The predicted octanol–water partition coefficient (Wildman–Crippen LogP) is 4.07. The van der Waals surface area contributed by atoms with Crippen molar-refractivity contribution in [1.82, 2.24) is 39.0 Å². The lowest BCUT2D eigenvalue weighted by Gasteiger charge is -2.24. The summed E-state index contributed by atoms with van der Waals surface area (Å²) in [6.45, 7) is 4.59. The Hall–Kier alpha value is -5.14. The molecule has 2 fully saturated rings. The molecule has 2 aliphatic heterocycles. The maximum Gasteiger partial charge on any atom is 0.333 e. The first-order valence-corrected chi connectivity index (χ1v) is 21.1. The van der Waals surface area contributed by atoms with E-state index in [9.17, 15) is 29.1 Å². The number of H-pyrrole nitrogens is 1. The molecule has 5 aromatic rings.